The van der Waals surface area contributed by atoms with Gasteiger partial charge >= 0.3 is 6.03 Å². The second-order valence-electron chi connectivity index (χ2n) is 4.26. The number of carbonyl (C=O) groups excluding carboxylic acids is 1. The third kappa shape index (κ3) is 3.96. The molecule has 0 radical (unpaired) electrons. The van der Waals surface area contributed by atoms with Crippen molar-refractivity contribution in [2.75, 3.05) is 13.1 Å². The van der Waals surface area contributed by atoms with E-state index < -0.39 is 0 Å². The molecule has 5 heteroatoms. The smallest absolute Gasteiger partial charge is 0.318 e. The molecular formula is C11H21N3OS. The van der Waals surface area contributed by atoms with Crippen LogP contribution in [0.1, 0.15) is 39.0 Å². The minimum absolute atomic E-state index is 0.0263. The molecule has 0 bridgehead atoms. The van der Waals surface area contributed by atoms with Crippen molar-refractivity contribution in [3.8, 4) is 0 Å². The van der Waals surface area contributed by atoms with Gasteiger partial charge in [-0.25, -0.2) is 4.79 Å². The van der Waals surface area contributed by atoms with Crippen molar-refractivity contribution in [1.82, 2.24) is 10.2 Å². The Labute approximate surface area is 103 Å². The SMILES string of the molecule is CCCNC(=O)N(CC(N)=S)C1CCCC1. The van der Waals surface area contributed by atoms with E-state index in [1.54, 1.807) is 4.90 Å². The van der Waals surface area contributed by atoms with Crippen molar-refractivity contribution in [1.29, 1.82) is 0 Å². The second kappa shape index (κ2) is 6.68. The van der Waals surface area contributed by atoms with E-state index in [-0.39, 0.29) is 6.03 Å². The number of thiocarbonyl (C=S) groups is 1. The van der Waals surface area contributed by atoms with Crippen LogP contribution in [0.5, 0.6) is 0 Å². The first-order valence-electron chi connectivity index (χ1n) is 5.98. The van der Waals surface area contributed by atoms with Crippen LogP contribution in [0.25, 0.3) is 0 Å². The number of rotatable bonds is 5. The molecule has 92 valence electrons. The number of hydrogen-bond acceptors (Lipinski definition) is 2. The van der Waals surface area contributed by atoms with Gasteiger partial charge in [-0.15, -0.1) is 0 Å². The molecule has 0 aliphatic heterocycles. The molecule has 0 heterocycles. The van der Waals surface area contributed by atoms with E-state index in [4.69, 9.17) is 18.0 Å². The van der Waals surface area contributed by atoms with Crippen molar-refractivity contribution >= 4 is 23.2 Å². The number of nitrogens with zero attached hydrogens (tertiary/aromatic N) is 1. The van der Waals surface area contributed by atoms with E-state index in [0.29, 0.717) is 24.1 Å². The van der Waals surface area contributed by atoms with Gasteiger partial charge in [0.05, 0.1) is 11.5 Å². The fraction of sp³-hybridized carbons (Fsp3) is 0.818. The summed E-state index contributed by atoms with van der Waals surface area (Å²) < 4.78 is 0. The molecule has 3 N–H and O–H groups in total. The molecule has 0 aromatic carbocycles. The Hall–Kier alpha value is -0.840. The molecule has 4 nitrogen and oxygen atoms in total. The van der Waals surface area contributed by atoms with Crippen LogP contribution in [0.3, 0.4) is 0 Å². The van der Waals surface area contributed by atoms with E-state index in [9.17, 15) is 4.79 Å². The lowest BCUT2D eigenvalue weighted by Gasteiger charge is -2.28. The van der Waals surface area contributed by atoms with Gasteiger partial charge in [-0.3, -0.25) is 0 Å². The van der Waals surface area contributed by atoms with Gasteiger partial charge in [0.2, 0.25) is 0 Å². The van der Waals surface area contributed by atoms with Crippen LogP contribution in [0.4, 0.5) is 4.79 Å². The Kier molecular flexibility index (Phi) is 5.52. The quantitative estimate of drug-likeness (QED) is 0.722. The molecule has 0 saturated heterocycles. The Balaban J connectivity index is 2.54. The van der Waals surface area contributed by atoms with E-state index in [0.717, 1.165) is 19.3 Å². The maximum Gasteiger partial charge on any atom is 0.318 e. The van der Waals surface area contributed by atoms with Gasteiger partial charge in [0.15, 0.2) is 0 Å². The molecule has 0 aromatic heterocycles. The highest BCUT2D eigenvalue weighted by molar-refractivity contribution is 7.80. The van der Waals surface area contributed by atoms with Gasteiger partial charge in [0.25, 0.3) is 0 Å². The van der Waals surface area contributed by atoms with Crippen LogP contribution in [-0.4, -0.2) is 35.1 Å². The van der Waals surface area contributed by atoms with E-state index >= 15 is 0 Å². The number of carbonyl (C=O) groups is 1. The molecule has 0 unspecified atom stereocenters. The monoisotopic (exact) mass is 243 g/mol. The highest BCUT2D eigenvalue weighted by Gasteiger charge is 2.26. The number of nitrogens with one attached hydrogen (secondary N) is 1. The second-order valence-corrected chi connectivity index (χ2v) is 4.79. The molecule has 16 heavy (non-hydrogen) atoms. The molecule has 2 amide bonds. The standard InChI is InChI=1S/C11H21N3OS/c1-2-7-13-11(15)14(8-10(12)16)9-5-3-4-6-9/h9H,2-8H2,1H3,(H2,12,16)(H,13,15). The van der Waals surface area contributed by atoms with Crippen molar-refractivity contribution in [2.24, 2.45) is 5.73 Å². The minimum Gasteiger partial charge on any atom is -0.392 e. The fourth-order valence-corrected chi connectivity index (χ4v) is 2.22. The predicted molar refractivity (Wildman–Crippen MR) is 69.4 cm³/mol. The molecular weight excluding hydrogens is 222 g/mol. The third-order valence-corrected chi connectivity index (χ3v) is 3.01. The molecule has 1 aliphatic carbocycles. The number of amides is 2. The summed E-state index contributed by atoms with van der Waals surface area (Å²) >= 11 is 4.90. The summed E-state index contributed by atoms with van der Waals surface area (Å²) in [6, 6.07) is 0.292. The number of urea groups is 1. The Morgan fingerprint density at radius 3 is 2.62 bits per heavy atom. The van der Waals surface area contributed by atoms with E-state index in [1.165, 1.54) is 12.8 Å². The van der Waals surface area contributed by atoms with Gasteiger partial charge < -0.3 is 16.0 Å². The zero-order valence-corrected chi connectivity index (χ0v) is 10.7. The normalized spacial score (nSPS) is 16.1. The van der Waals surface area contributed by atoms with Gasteiger partial charge in [0, 0.05) is 12.6 Å². The van der Waals surface area contributed by atoms with Gasteiger partial charge in [-0.2, -0.15) is 0 Å². The Morgan fingerprint density at radius 2 is 2.12 bits per heavy atom. The number of hydrogen-bond donors (Lipinski definition) is 2. The van der Waals surface area contributed by atoms with E-state index in [1.807, 2.05) is 6.92 Å². The summed E-state index contributed by atoms with van der Waals surface area (Å²) in [4.78, 5) is 14.1. The fourth-order valence-electron chi connectivity index (χ4n) is 2.08. The maximum absolute atomic E-state index is 11.9. The van der Waals surface area contributed by atoms with Crippen LogP contribution in [0.2, 0.25) is 0 Å². The summed E-state index contributed by atoms with van der Waals surface area (Å²) in [7, 11) is 0. The van der Waals surface area contributed by atoms with Crippen molar-refractivity contribution in [2.45, 2.75) is 45.1 Å². The molecule has 0 aromatic rings. The summed E-state index contributed by atoms with van der Waals surface area (Å²) in [5.74, 6) is 0. The summed E-state index contributed by atoms with van der Waals surface area (Å²) in [5.41, 5.74) is 5.54. The van der Waals surface area contributed by atoms with Gasteiger partial charge in [0.1, 0.15) is 0 Å². The highest BCUT2D eigenvalue weighted by atomic mass is 32.1. The molecule has 1 rings (SSSR count). The maximum atomic E-state index is 11.9. The van der Waals surface area contributed by atoms with Crippen molar-refractivity contribution < 1.29 is 4.79 Å². The van der Waals surface area contributed by atoms with E-state index in [2.05, 4.69) is 5.32 Å². The topological polar surface area (TPSA) is 58.4 Å². The van der Waals surface area contributed by atoms with Crippen molar-refractivity contribution in [3.63, 3.8) is 0 Å². The first-order chi connectivity index (χ1) is 7.65. The zero-order valence-electron chi connectivity index (χ0n) is 9.87. The predicted octanol–water partition coefficient (Wildman–Crippen LogP) is 1.64. The van der Waals surface area contributed by atoms with Crippen LogP contribution in [0, 0.1) is 0 Å². The van der Waals surface area contributed by atoms with Gasteiger partial charge in [-0.1, -0.05) is 32.0 Å². The lowest BCUT2D eigenvalue weighted by molar-refractivity contribution is 0.185. The van der Waals surface area contributed by atoms with Crippen molar-refractivity contribution in [3.05, 3.63) is 0 Å². The molecule has 1 fully saturated rings. The molecule has 0 atom stereocenters. The summed E-state index contributed by atoms with van der Waals surface area (Å²) in [6.07, 6.45) is 5.47. The largest absolute Gasteiger partial charge is 0.392 e. The van der Waals surface area contributed by atoms with Crippen LogP contribution >= 0.6 is 12.2 Å². The first-order valence-corrected chi connectivity index (χ1v) is 6.38. The Morgan fingerprint density at radius 1 is 1.50 bits per heavy atom. The lowest BCUT2D eigenvalue weighted by Crippen LogP contribution is -2.48. The highest BCUT2D eigenvalue weighted by Crippen LogP contribution is 2.23. The third-order valence-electron chi connectivity index (χ3n) is 2.88. The first kappa shape index (κ1) is 13.2. The molecule has 0 spiro atoms. The van der Waals surface area contributed by atoms with Gasteiger partial charge in [-0.05, 0) is 19.3 Å². The Bertz CT molecular complexity index is 252. The molecule has 1 aliphatic rings. The zero-order chi connectivity index (χ0) is 12.0. The summed E-state index contributed by atoms with van der Waals surface area (Å²) in [6.45, 7) is 3.14. The minimum atomic E-state index is -0.0263. The van der Waals surface area contributed by atoms with Crippen LogP contribution < -0.4 is 11.1 Å². The number of nitrogens with two attached hydrogens (primary N) is 1. The average Bonchev–Trinajstić information content (AvgIpc) is 2.75. The lowest BCUT2D eigenvalue weighted by atomic mass is 10.2. The van der Waals surface area contributed by atoms with Crippen LogP contribution in [0.15, 0.2) is 0 Å². The average molecular weight is 243 g/mol. The summed E-state index contributed by atoms with van der Waals surface area (Å²) in [5, 5.41) is 2.89. The molecule has 1 saturated carbocycles. The van der Waals surface area contributed by atoms with Crippen LogP contribution in [-0.2, 0) is 0 Å².